The highest BCUT2D eigenvalue weighted by atomic mass is 35.5. The van der Waals surface area contributed by atoms with Crippen molar-refractivity contribution in [2.75, 3.05) is 6.54 Å². The first kappa shape index (κ1) is 19.0. The Morgan fingerprint density at radius 2 is 2.11 bits per heavy atom. The van der Waals surface area contributed by atoms with Gasteiger partial charge in [-0.15, -0.1) is 0 Å². The van der Waals surface area contributed by atoms with Crippen LogP contribution in [0.2, 0.25) is 5.02 Å². The molecule has 2 aromatic rings. The molecule has 1 fully saturated rings. The largest absolute Gasteiger partial charge is 0.390 e. The summed E-state index contributed by atoms with van der Waals surface area (Å²) in [5.74, 6) is 1.02. The predicted octanol–water partition coefficient (Wildman–Crippen LogP) is 3.09. The van der Waals surface area contributed by atoms with Gasteiger partial charge in [-0.2, -0.15) is 4.99 Å². The fraction of sp³-hybridized carbons (Fsp3) is 0.316. The molecule has 140 valence electrons. The molecule has 27 heavy (non-hydrogen) atoms. The van der Waals surface area contributed by atoms with E-state index >= 15 is 0 Å². The van der Waals surface area contributed by atoms with E-state index in [1.54, 1.807) is 47.6 Å². The minimum atomic E-state index is -0.402. The Balaban J connectivity index is 1.92. The summed E-state index contributed by atoms with van der Waals surface area (Å²) < 4.78 is 0. The number of hydrogen-bond acceptors (Lipinski definition) is 4. The number of halogens is 1. The van der Waals surface area contributed by atoms with Gasteiger partial charge < -0.3 is 10.6 Å². The van der Waals surface area contributed by atoms with E-state index in [9.17, 15) is 4.79 Å². The lowest BCUT2D eigenvalue weighted by molar-refractivity contribution is 0.0725. The number of carbonyl (C=O) groups is 1. The van der Waals surface area contributed by atoms with E-state index in [0.29, 0.717) is 28.9 Å². The molecular formula is C19H21ClN6O. The van der Waals surface area contributed by atoms with Crippen LogP contribution in [-0.2, 0) is 0 Å². The van der Waals surface area contributed by atoms with Crippen molar-refractivity contribution in [3.05, 3.63) is 53.3 Å². The Labute approximate surface area is 163 Å². The fourth-order valence-corrected chi connectivity index (χ4v) is 2.87. The molecule has 1 amide bonds. The normalized spacial score (nSPS) is 15.7. The van der Waals surface area contributed by atoms with Gasteiger partial charge in [-0.1, -0.05) is 17.7 Å². The van der Waals surface area contributed by atoms with Gasteiger partial charge >= 0.3 is 0 Å². The van der Waals surface area contributed by atoms with Gasteiger partial charge in [0.15, 0.2) is 5.84 Å². The summed E-state index contributed by atoms with van der Waals surface area (Å²) in [6, 6.07) is 8.23. The molecule has 1 atom stereocenters. The Bertz CT molecular complexity index is 850. The highest BCUT2D eigenvalue weighted by molar-refractivity contribution is 6.31. The molecular weight excluding hydrogens is 364 g/mol. The molecule has 1 aromatic carbocycles. The van der Waals surface area contributed by atoms with Gasteiger partial charge in [0.1, 0.15) is 0 Å². The molecule has 7 nitrogen and oxygen atoms in total. The lowest BCUT2D eigenvalue weighted by Crippen LogP contribution is -2.44. The van der Waals surface area contributed by atoms with Crippen molar-refractivity contribution < 1.29 is 4.79 Å². The lowest BCUT2D eigenvalue weighted by Gasteiger charge is -2.29. The molecule has 0 saturated heterocycles. The third-order valence-electron chi connectivity index (χ3n) is 4.30. The Kier molecular flexibility index (Phi) is 6.13. The molecule has 0 radical (unpaired) electrons. The summed E-state index contributed by atoms with van der Waals surface area (Å²) in [4.78, 5) is 31.7. The molecule has 1 aliphatic rings. The summed E-state index contributed by atoms with van der Waals surface area (Å²) in [5.41, 5.74) is 6.04. The van der Waals surface area contributed by atoms with Gasteiger partial charge in [-0.3, -0.25) is 4.79 Å². The maximum atomic E-state index is 13.2. The molecule has 1 heterocycles. The lowest BCUT2D eigenvalue weighted by atomic mass is 10.1. The first-order valence-electron chi connectivity index (χ1n) is 8.75. The van der Waals surface area contributed by atoms with E-state index in [1.807, 2.05) is 6.92 Å². The molecule has 1 unspecified atom stereocenters. The van der Waals surface area contributed by atoms with Crippen LogP contribution in [0.3, 0.4) is 0 Å². The number of benzene rings is 1. The standard InChI is InChI=1S/C19H21ClN6O/c1-13(17(24-12-21)25-19-22-8-3-9-23-19)26(11-14-6-7-14)18(27)15-4-2-5-16(20)10-15/h2-5,8-10,12-14H,6-7,11H2,1H3,(H2,21,22,23,24,25). The van der Waals surface area contributed by atoms with Crippen LogP contribution in [0.15, 0.2) is 52.7 Å². The summed E-state index contributed by atoms with van der Waals surface area (Å²) in [6.07, 6.45) is 6.58. The Morgan fingerprint density at radius 3 is 2.74 bits per heavy atom. The van der Waals surface area contributed by atoms with Gasteiger partial charge in [0, 0.05) is 29.5 Å². The highest BCUT2D eigenvalue weighted by Crippen LogP contribution is 2.31. The van der Waals surface area contributed by atoms with Crippen molar-refractivity contribution in [3.63, 3.8) is 0 Å². The van der Waals surface area contributed by atoms with E-state index in [0.717, 1.165) is 19.2 Å². The molecule has 1 aromatic heterocycles. The monoisotopic (exact) mass is 384 g/mol. The van der Waals surface area contributed by atoms with E-state index in [2.05, 4.69) is 20.0 Å². The minimum Gasteiger partial charge on any atom is -0.390 e. The second-order valence-corrected chi connectivity index (χ2v) is 6.82. The van der Waals surface area contributed by atoms with Crippen LogP contribution in [-0.4, -0.2) is 45.5 Å². The number of hydrogen-bond donors (Lipinski definition) is 1. The predicted molar refractivity (Wildman–Crippen MR) is 106 cm³/mol. The highest BCUT2D eigenvalue weighted by Gasteiger charge is 2.32. The molecule has 1 saturated carbocycles. The van der Waals surface area contributed by atoms with E-state index in [4.69, 9.17) is 17.3 Å². The fourth-order valence-electron chi connectivity index (χ4n) is 2.68. The van der Waals surface area contributed by atoms with Crippen molar-refractivity contribution in [1.29, 1.82) is 0 Å². The Hall–Kier alpha value is -2.80. The van der Waals surface area contributed by atoms with Crippen LogP contribution in [0.4, 0.5) is 5.95 Å². The number of carbonyl (C=O) groups excluding carboxylic acids is 1. The van der Waals surface area contributed by atoms with Crippen LogP contribution in [0.5, 0.6) is 0 Å². The van der Waals surface area contributed by atoms with Crippen molar-refractivity contribution in [2.45, 2.75) is 25.8 Å². The van der Waals surface area contributed by atoms with Crippen molar-refractivity contribution >= 4 is 35.6 Å². The van der Waals surface area contributed by atoms with E-state index < -0.39 is 6.04 Å². The van der Waals surface area contributed by atoms with Crippen LogP contribution >= 0.6 is 11.6 Å². The average Bonchev–Trinajstić information content (AvgIpc) is 3.50. The topological polar surface area (TPSA) is 96.8 Å². The minimum absolute atomic E-state index is 0.120. The second-order valence-electron chi connectivity index (χ2n) is 6.38. The zero-order valence-electron chi connectivity index (χ0n) is 15.0. The summed E-state index contributed by atoms with van der Waals surface area (Å²) in [6.45, 7) is 2.50. The van der Waals surface area contributed by atoms with Crippen LogP contribution in [0.25, 0.3) is 0 Å². The van der Waals surface area contributed by atoms with Crippen molar-refractivity contribution in [3.8, 4) is 0 Å². The first-order chi connectivity index (χ1) is 13.1. The Morgan fingerprint density at radius 1 is 1.37 bits per heavy atom. The summed E-state index contributed by atoms with van der Waals surface area (Å²) in [5, 5.41) is 0.520. The maximum absolute atomic E-state index is 13.2. The van der Waals surface area contributed by atoms with Crippen LogP contribution < -0.4 is 5.73 Å². The van der Waals surface area contributed by atoms with E-state index in [1.165, 1.54) is 0 Å². The van der Waals surface area contributed by atoms with Crippen molar-refractivity contribution in [1.82, 2.24) is 14.9 Å². The SMILES string of the molecule is CC(C(N=CN)=Nc1ncccn1)N(CC1CC1)C(=O)c1cccc(Cl)c1. The van der Waals surface area contributed by atoms with Gasteiger partial charge in [-0.05, 0) is 49.9 Å². The van der Waals surface area contributed by atoms with Gasteiger partial charge in [0.05, 0.1) is 12.4 Å². The molecule has 1 aliphatic carbocycles. The maximum Gasteiger partial charge on any atom is 0.254 e. The number of aliphatic imine (C=N–C) groups is 2. The third-order valence-corrected chi connectivity index (χ3v) is 4.53. The molecule has 3 rings (SSSR count). The number of amidine groups is 1. The molecule has 0 spiro atoms. The third kappa shape index (κ3) is 5.10. The zero-order chi connectivity index (χ0) is 19.2. The molecule has 8 heteroatoms. The summed E-state index contributed by atoms with van der Waals surface area (Å²) >= 11 is 6.06. The van der Waals surface area contributed by atoms with E-state index in [-0.39, 0.29) is 11.9 Å². The molecule has 0 bridgehead atoms. The van der Waals surface area contributed by atoms with Gasteiger partial charge in [0.25, 0.3) is 11.9 Å². The molecule has 0 aliphatic heterocycles. The summed E-state index contributed by atoms with van der Waals surface area (Å²) in [7, 11) is 0. The molecule has 2 N–H and O–H groups in total. The van der Waals surface area contributed by atoms with Gasteiger partial charge in [-0.25, -0.2) is 15.0 Å². The number of nitrogens with two attached hydrogens (primary N) is 1. The smallest absolute Gasteiger partial charge is 0.254 e. The first-order valence-corrected chi connectivity index (χ1v) is 9.12. The van der Waals surface area contributed by atoms with Crippen LogP contribution in [0.1, 0.15) is 30.1 Å². The second kappa shape index (κ2) is 8.73. The zero-order valence-corrected chi connectivity index (χ0v) is 15.8. The number of amides is 1. The number of aromatic nitrogens is 2. The quantitative estimate of drug-likeness (QED) is 0.611. The van der Waals surface area contributed by atoms with Gasteiger partial charge in [0.2, 0.25) is 0 Å². The van der Waals surface area contributed by atoms with Crippen LogP contribution in [0, 0.1) is 5.92 Å². The number of rotatable bonds is 6. The number of nitrogens with zero attached hydrogens (tertiary/aromatic N) is 5. The average molecular weight is 385 g/mol. The van der Waals surface area contributed by atoms with Crippen molar-refractivity contribution in [2.24, 2.45) is 21.6 Å².